The molecular formula is C50H98N2O5. The topological polar surface area (TPSA) is 79.3 Å². The summed E-state index contributed by atoms with van der Waals surface area (Å²) < 4.78 is 11.3. The standard InChI is InChI=1S/C50H98N2O5/c1-4-7-10-13-16-17-18-21-26-37-49(54)56-44-32-23-30-39-52(48-35-27-28-36-48)41-40-51(42-43-53)38-29-22-31-45-57-50(55)46-47(33-24-19-14-11-8-5-2)34-25-20-15-12-9-6-3/h47-48,53H,4-46H2,1-3H3. The summed E-state index contributed by atoms with van der Waals surface area (Å²) in [5.41, 5.74) is 0. The molecule has 0 aromatic rings. The molecule has 1 aliphatic rings. The molecule has 0 heterocycles. The van der Waals surface area contributed by atoms with E-state index < -0.39 is 0 Å². The van der Waals surface area contributed by atoms with Gasteiger partial charge in [-0.25, -0.2) is 0 Å². The third-order valence-corrected chi connectivity index (χ3v) is 12.6. The second-order valence-electron chi connectivity index (χ2n) is 17.9. The van der Waals surface area contributed by atoms with E-state index in [0.717, 1.165) is 84.1 Å². The van der Waals surface area contributed by atoms with Crippen molar-refractivity contribution in [1.82, 2.24) is 9.80 Å². The zero-order valence-corrected chi connectivity index (χ0v) is 38.5. The summed E-state index contributed by atoms with van der Waals surface area (Å²) in [4.78, 5) is 30.2. The first kappa shape index (κ1) is 53.8. The maximum absolute atomic E-state index is 12.8. The van der Waals surface area contributed by atoms with E-state index in [-0.39, 0.29) is 18.5 Å². The number of aliphatic hydroxyl groups excluding tert-OH is 1. The molecule has 0 amide bonds. The highest BCUT2D eigenvalue weighted by Crippen LogP contribution is 2.25. The predicted molar refractivity (Wildman–Crippen MR) is 243 cm³/mol. The van der Waals surface area contributed by atoms with Gasteiger partial charge in [0.25, 0.3) is 0 Å². The Hall–Kier alpha value is -1.18. The molecule has 0 saturated heterocycles. The normalized spacial score (nSPS) is 13.5. The number of carbonyl (C=O) groups excluding carboxylic acids is 2. The quantitative estimate of drug-likeness (QED) is 0.0485. The molecule has 0 unspecified atom stereocenters. The molecule has 0 atom stereocenters. The van der Waals surface area contributed by atoms with Crippen molar-refractivity contribution in [2.24, 2.45) is 5.92 Å². The minimum atomic E-state index is -0.0168. The van der Waals surface area contributed by atoms with Crippen LogP contribution in [0.2, 0.25) is 0 Å². The Morgan fingerprint density at radius 2 is 0.965 bits per heavy atom. The first-order valence-electron chi connectivity index (χ1n) is 25.4. The monoisotopic (exact) mass is 807 g/mol. The summed E-state index contributed by atoms with van der Waals surface area (Å²) in [6.07, 6.45) is 42.1. The molecular weight excluding hydrogens is 709 g/mol. The predicted octanol–water partition coefficient (Wildman–Crippen LogP) is 13.4. The van der Waals surface area contributed by atoms with Gasteiger partial charge in [0.2, 0.25) is 0 Å². The van der Waals surface area contributed by atoms with Crippen LogP contribution in [0.1, 0.15) is 245 Å². The van der Waals surface area contributed by atoms with Crippen molar-refractivity contribution in [2.45, 2.75) is 252 Å². The molecule has 1 rings (SSSR count). The highest BCUT2D eigenvalue weighted by molar-refractivity contribution is 5.69. The number of carbonyl (C=O) groups is 2. The van der Waals surface area contributed by atoms with Gasteiger partial charge in [0, 0.05) is 38.5 Å². The molecule has 1 N–H and O–H groups in total. The largest absolute Gasteiger partial charge is 0.466 e. The van der Waals surface area contributed by atoms with Crippen LogP contribution >= 0.6 is 0 Å². The van der Waals surface area contributed by atoms with Crippen LogP contribution in [0.5, 0.6) is 0 Å². The summed E-state index contributed by atoms with van der Waals surface area (Å²) in [5, 5.41) is 9.82. The molecule has 7 heteroatoms. The van der Waals surface area contributed by atoms with Crippen LogP contribution in [0.3, 0.4) is 0 Å². The van der Waals surface area contributed by atoms with Crippen molar-refractivity contribution < 1.29 is 24.2 Å². The lowest BCUT2D eigenvalue weighted by Gasteiger charge is -2.31. The Balaban J connectivity index is 2.28. The van der Waals surface area contributed by atoms with Gasteiger partial charge in [-0.15, -0.1) is 0 Å². The Morgan fingerprint density at radius 3 is 1.49 bits per heavy atom. The first-order valence-corrected chi connectivity index (χ1v) is 25.4. The van der Waals surface area contributed by atoms with Crippen molar-refractivity contribution in [2.75, 3.05) is 52.5 Å². The van der Waals surface area contributed by atoms with Gasteiger partial charge in [0.05, 0.1) is 19.8 Å². The molecule has 7 nitrogen and oxygen atoms in total. The average Bonchev–Trinajstić information content (AvgIpc) is 3.75. The van der Waals surface area contributed by atoms with E-state index in [1.807, 2.05) is 0 Å². The van der Waals surface area contributed by atoms with E-state index >= 15 is 0 Å². The lowest BCUT2D eigenvalue weighted by atomic mass is 9.91. The zero-order valence-electron chi connectivity index (χ0n) is 38.5. The summed E-state index contributed by atoms with van der Waals surface area (Å²) in [7, 11) is 0. The van der Waals surface area contributed by atoms with Crippen LogP contribution in [0.25, 0.3) is 0 Å². The van der Waals surface area contributed by atoms with Gasteiger partial charge in [-0.2, -0.15) is 0 Å². The number of nitrogens with zero attached hydrogens (tertiary/aromatic N) is 2. The second-order valence-corrected chi connectivity index (χ2v) is 17.9. The van der Waals surface area contributed by atoms with Crippen LogP contribution in [-0.4, -0.2) is 85.4 Å². The molecule has 57 heavy (non-hydrogen) atoms. The third kappa shape index (κ3) is 34.3. The highest BCUT2D eigenvalue weighted by Gasteiger charge is 2.23. The van der Waals surface area contributed by atoms with Crippen LogP contribution in [0.15, 0.2) is 0 Å². The van der Waals surface area contributed by atoms with Gasteiger partial charge >= 0.3 is 11.9 Å². The lowest BCUT2D eigenvalue weighted by Crippen LogP contribution is -2.41. The molecule has 0 aromatic heterocycles. The van der Waals surface area contributed by atoms with E-state index in [0.29, 0.717) is 38.0 Å². The lowest BCUT2D eigenvalue weighted by molar-refractivity contribution is -0.145. The zero-order chi connectivity index (χ0) is 41.3. The number of hydrogen-bond acceptors (Lipinski definition) is 7. The molecule has 0 spiro atoms. The SMILES string of the molecule is CCCCCCCCCCCC(=O)OCCCCCN(CCN(CCO)CCCCCOC(=O)CC(CCCCCCCC)CCCCCCCC)C1CCCC1. The molecule has 1 aliphatic carbocycles. The number of ether oxygens (including phenoxy) is 2. The van der Waals surface area contributed by atoms with Crippen LogP contribution in [-0.2, 0) is 19.1 Å². The number of esters is 2. The van der Waals surface area contributed by atoms with E-state index in [9.17, 15) is 14.7 Å². The molecule has 1 fully saturated rings. The van der Waals surface area contributed by atoms with Crippen LogP contribution in [0.4, 0.5) is 0 Å². The van der Waals surface area contributed by atoms with E-state index in [1.54, 1.807) is 0 Å². The number of hydrogen-bond donors (Lipinski definition) is 1. The van der Waals surface area contributed by atoms with Crippen molar-refractivity contribution in [1.29, 1.82) is 0 Å². The Morgan fingerprint density at radius 1 is 0.509 bits per heavy atom. The minimum Gasteiger partial charge on any atom is -0.466 e. The molecule has 0 aliphatic heterocycles. The Labute approximate surface area is 354 Å². The van der Waals surface area contributed by atoms with E-state index in [1.165, 1.54) is 161 Å². The maximum atomic E-state index is 12.8. The number of rotatable bonds is 44. The van der Waals surface area contributed by atoms with Gasteiger partial charge in [-0.05, 0) is 89.6 Å². The van der Waals surface area contributed by atoms with E-state index in [4.69, 9.17) is 9.47 Å². The Kier molecular flexibility index (Phi) is 39.2. The minimum absolute atomic E-state index is 0.0104. The molecule has 0 aromatic carbocycles. The van der Waals surface area contributed by atoms with Crippen LogP contribution in [0, 0.1) is 5.92 Å². The first-order chi connectivity index (χ1) is 28.0. The van der Waals surface area contributed by atoms with Gasteiger partial charge < -0.3 is 14.6 Å². The van der Waals surface area contributed by atoms with Gasteiger partial charge in [0.1, 0.15) is 0 Å². The van der Waals surface area contributed by atoms with Crippen molar-refractivity contribution in [3.63, 3.8) is 0 Å². The van der Waals surface area contributed by atoms with Crippen molar-refractivity contribution in [3.05, 3.63) is 0 Å². The van der Waals surface area contributed by atoms with Gasteiger partial charge in [0.15, 0.2) is 0 Å². The second kappa shape index (κ2) is 41.5. The average molecular weight is 807 g/mol. The Bertz CT molecular complexity index is 850. The third-order valence-electron chi connectivity index (χ3n) is 12.6. The van der Waals surface area contributed by atoms with Crippen molar-refractivity contribution in [3.8, 4) is 0 Å². The number of aliphatic hydroxyl groups is 1. The van der Waals surface area contributed by atoms with Crippen LogP contribution < -0.4 is 0 Å². The molecule has 0 radical (unpaired) electrons. The van der Waals surface area contributed by atoms with Gasteiger partial charge in [-0.3, -0.25) is 19.4 Å². The summed E-state index contributed by atoms with van der Waals surface area (Å²) in [6.45, 7) is 12.9. The molecule has 338 valence electrons. The fourth-order valence-corrected chi connectivity index (χ4v) is 8.79. The summed E-state index contributed by atoms with van der Waals surface area (Å²) in [6, 6.07) is 0.681. The fourth-order valence-electron chi connectivity index (χ4n) is 8.79. The number of unbranched alkanes of at least 4 members (excludes halogenated alkanes) is 22. The van der Waals surface area contributed by atoms with Gasteiger partial charge in [-0.1, -0.05) is 162 Å². The summed E-state index contributed by atoms with van der Waals surface area (Å²) >= 11 is 0. The maximum Gasteiger partial charge on any atom is 0.306 e. The highest BCUT2D eigenvalue weighted by atomic mass is 16.5. The smallest absolute Gasteiger partial charge is 0.306 e. The van der Waals surface area contributed by atoms with E-state index in [2.05, 4.69) is 30.6 Å². The molecule has 1 saturated carbocycles. The van der Waals surface area contributed by atoms with Crippen molar-refractivity contribution >= 4 is 11.9 Å². The fraction of sp³-hybridized carbons (Fsp3) is 0.960. The molecule has 0 bridgehead atoms. The summed E-state index contributed by atoms with van der Waals surface area (Å²) in [5.74, 6) is 0.475.